The normalized spacial score (nSPS) is 30.8. The van der Waals surface area contributed by atoms with E-state index in [0.29, 0.717) is 17.6 Å². The van der Waals surface area contributed by atoms with Gasteiger partial charge in [-0.25, -0.2) is 0 Å². The summed E-state index contributed by atoms with van der Waals surface area (Å²) in [4.78, 5) is 2.10. The lowest BCUT2D eigenvalue weighted by atomic mass is 9.55. The van der Waals surface area contributed by atoms with Crippen LogP contribution in [0.15, 0.2) is 52.7 Å². The second kappa shape index (κ2) is 7.81. The second-order valence-corrected chi connectivity index (χ2v) is 10.1. The van der Waals surface area contributed by atoms with E-state index in [1.165, 1.54) is 48.2 Å². The Morgan fingerprint density at radius 1 is 1.03 bits per heavy atom. The molecule has 0 aromatic heterocycles. The number of phenolic OH excluding ortho intramolecular Hbond substituents is 1. The summed E-state index contributed by atoms with van der Waals surface area (Å²) < 4.78 is 0. The van der Waals surface area contributed by atoms with E-state index in [1.807, 2.05) is 18.3 Å². The Labute approximate surface area is 185 Å². The van der Waals surface area contributed by atoms with Crippen LogP contribution in [-0.2, 0) is 6.42 Å². The first-order valence-electron chi connectivity index (χ1n) is 11.7. The Morgan fingerprint density at radius 2 is 1.84 bits per heavy atom. The van der Waals surface area contributed by atoms with E-state index in [4.69, 9.17) is 5.10 Å². The number of anilines is 1. The predicted octanol–water partition coefficient (Wildman–Crippen LogP) is 5.79. The van der Waals surface area contributed by atoms with Crippen LogP contribution in [0.5, 0.6) is 5.75 Å². The van der Waals surface area contributed by atoms with Crippen molar-refractivity contribution in [1.29, 1.82) is 0 Å². The lowest BCUT2D eigenvalue weighted by Gasteiger charge is -2.49. The van der Waals surface area contributed by atoms with E-state index in [9.17, 15) is 5.11 Å². The van der Waals surface area contributed by atoms with Crippen molar-refractivity contribution in [3.8, 4) is 5.75 Å². The topological polar surface area (TPSA) is 48.2 Å². The highest BCUT2D eigenvalue weighted by Crippen LogP contribution is 2.60. The monoisotopic (exact) mass is 415 g/mol. The minimum atomic E-state index is 0.182. The molecular formula is C27H33N3O. The van der Waals surface area contributed by atoms with Gasteiger partial charge in [0.05, 0.1) is 6.21 Å². The SMILES string of the molecule is CN(C)c1ccc(/C=N\N=C2\CC[C@@H]3[C@@H]4CCc5cc(O)ccc5[C@H]4CC[C@]23C)cc1. The third-order valence-electron chi connectivity index (χ3n) is 8.25. The largest absolute Gasteiger partial charge is 0.508 e. The van der Waals surface area contributed by atoms with Crippen LogP contribution < -0.4 is 4.90 Å². The average Bonchev–Trinajstić information content (AvgIpc) is 3.10. The van der Waals surface area contributed by atoms with Crippen molar-refractivity contribution in [2.24, 2.45) is 27.5 Å². The van der Waals surface area contributed by atoms with E-state index in [2.05, 4.69) is 61.4 Å². The van der Waals surface area contributed by atoms with Crippen LogP contribution in [0.25, 0.3) is 0 Å². The van der Waals surface area contributed by atoms with Crippen LogP contribution in [-0.4, -0.2) is 31.1 Å². The Bertz CT molecular complexity index is 1020. The molecule has 4 heteroatoms. The fourth-order valence-corrected chi connectivity index (χ4v) is 6.55. The number of fused-ring (bicyclic) bond motifs is 5. The zero-order chi connectivity index (χ0) is 21.6. The molecule has 3 aliphatic carbocycles. The maximum Gasteiger partial charge on any atom is 0.115 e. The minimum absolute atomic E-state index is 0.182. The molecule has 0 aliphatic heterocycles. The van der Waals surface area contributed by atoms with Gasteiger partial charge < -0.3 is 10.0 Å². The Kier molecular flexibility index (Phi) is 5.11. The van der Waals surface area contributed by atoms with Gasteiger partial charge in [-0.1, -0.05) is 25.1 Å². The summed E-state index contributed by atoms with van der Waals surface area (Å²) >= 11 is 0. The van der Waals surface area contributed by atoms with Gasteiger partial charge in [0.2, 0.25) is 0 Å². The van der Waals surface area contributed by atoms with E-state index in [-0.39, 0.29) is 5.41 Å². The van der Waals surface area contributed by atoms with Crippen molar-refractivity contribution < 1.29 is 5.11 Å². The number of hydrogen-bond donors (Lipinski definition) is 1. The first-order chi connectivity index (χ1) is 15.0. The Hall–Kier alpha value is -2.62. The number of nitrogens with zero attached hydrogens (tertiary/aromatic N) is 3. The lowest BCUT2D eigenvalue weighted by Crippen LogP contribution is -2.42. The zero-order valence-corrected chi connectivity index (χ0v) is 18.9. The quantitative estimate of drug-likeness (QED) is 0.509. The fraction of sp³-hybridized carbons (Fsp3) is 0.481. The van der Waals surface area contributed by atoms with Gasteiger partial charge in [-0.2, -0.15) is 10.2 Å². The molecule has 2 aromatic rings. The fourth-order valence-electron chi connectivity index (χ4n) is 6.55. The molecule has 4 atom stereocenters. The molecule has 0 radical (unpaired) electrons. The molecule has 2 saturated carbocycles. The lowest BCUT2D eigenvalue weighted by molar-refractivity contribution is 0.0955. The summed E-state index contributed by atoms with van der Waals surface area (Å²) in [5.74, 6) is 2.47. The Balaban J connectivity index is 1.34. The highest BCUT2D eigenvalue weighted by atomic mass is 16.3. The van der Waals surface area contributed by atoms with Gasteiger partial charge in [0.25, 0.3) is 0 Å². The summed E-state index contributed by atoms with van der Waals surface area (Å²) in [6.45, 7) is 2.44. The van der Waals surface area contributed by atoms with Gasteiger partial charge in [0.15, 0.2) is 0 Å². The molecule has 31 heavy (non-hydrogen) atoms. The number of aromatic hydroxyl groups is 1. The van der Waals surface area contributed by atoms with E-state index in [1.54, 1.807) is 0 Å². The van der Waals surface area contributed by atoms with Crippen molar-refractivity contribution in [1.82, 2.24) is 0 Å². The van der Waals surface area contributed by atoms with Crippen LogP contribution in [0.3, 0.4) is 0 Å². The van der Waals surface area contributed by atoms with E-state index in [0.717, 1.165) is 24.3 Å². The summed E-state index contributed by atoms with van der Waals surface area (Å²) in [5.41, 5.74) is 6.61. The molecule has 3 aliphatic rings. The third kappa shape index (κ3) is 3.56. The van der Waals surface area contributed by atoms with Crippen molar-refractivity contribution in [2.45, 2.75) is 51.4 Å². The second-order valence-electron chi connectivity index (χ2n) is 10.1. The van der Waals surface area contributed by atoms with Crippen molar-refractivity contribution >= 4 is 17.6 Å². The zero-order valence-electron chi connectivity index (χ0n) is 18.9. The molecule has 0 amide bonds. The Morgan fingerprint density at radius 3 is 2.61 bits per heavy atom. The predicted molar refractivity (Wildman–Crippen MR) is 129 cm³/mol. The summed E-state index contributed by atoms with van der Waals surface area (Å²) in [6.07, 6.45) is 8.91. The van der Waals surface area contributed by atoms with Gasteiger partial charge in [-0.05, 0) is 97.2 Å². The molecule has 5 rings (SSSR count). The van der Waals surface area contributed by atoms with Crippen LogP contribution in [0.4, 0.5) is 5.69 Å². The van der Waals surface area contributed by atoms with Gasteiger partial charge >= 0.3 is 0 Å². The first kappa shape index (κ1) is 20.3. The molecule has 0 unspecified atom stereocenters. The highest BCUT2D eigenvalue weighted by molar-refractivity contribution is 5.93. The standard InChI is InChI=1S/C27H33N3O/c1-27-15-14-23-22-11-9-21(31)16-19(22)6-10-24(23)25(27)12-13-26(27)29-28-17-18-4-7-20(8-5-18)30(2)3/h4-5,7-9,11,16-17,23-25,31H,6,10,12-15H2,1-3H3/b28-17-,29-26-/t23-,24-,25-,27+/m1/s1. The summed E-state index contributed by atoms with van der Waals surface area (Å²) in [6, 6.07) is 14.5. The van der Waals surface area contributed by atoms with E-state index >= 15 is 0 Å². The minimum Gasteiger partial charge on any atom is -0.508 e. The number of phenols is 1. The number of aryl methyl sites for hydroxylation is 1. The smallest absolute Gasteiger partial charge is 0.115 e. The van der Waals surface area contributed by atoms with Crippen molar-refractivity contribution in [3.63, 3.8) is 0 Å². The van der Waals surface area contributed by atoms with Crippen LogP contribution >= 0.6 is 0 Å². The highest BCUT2D eigenvalue weighted by Gasteiger charge is 2.53. The number of rotatable bonds is 3. The number of benzene rings is 2. The molecule has 2 aromatic carbocycles. The van der Waals surface area contributed by atoms with Crippen molar-refractivity contribution in [3.05, 3.63) is 59.2 Å². The van der Waals surface area contributed by atoms with Gasteiger partial charge in [0, 0.05) is 30.9 Å². The molecule has 2 fully saturated rings. The third-order valence-corrected chi connectivity index (χ3v) is 8.25. The molecule has 0 spiro atoms. The molecule has 4 nitrogen and oxygen atoms in total. The molecule has 0 saturated heterocycles. The van der Waals surface area contributed by atoms with Gasteiger partial charge in [-0.15, -0.1) is 0 Å². The van der Waals surface area contributed by atoms with Crippen LogP contribution in [0.1, 0.15) is 61.6 Å². The maximum absolute atomic E-state index is 9.88. The summed E-state index contributed by atoms with van der Waals surface area (Å²) in [5, 5.41) is 19.2. The number of hydrogen-bond acceptors (Lipinski definition) is 4. The van der Waals surface area contributed by atoms with Crippen LogP contribution in [0, 0.1) is 17.3 Å². The molecule has 0 heterocycles. The maximum atomic E-state index is 9.88. The van der Waals surface area contributed by atoms with Gasteiger partial charge in [-0.3, -0.25) is 0 Å². The van der Waals surface area contributed by atoms with Crippen LogP contribution in [0.2, 0.25) is 0 Å². The van der Waals surface area contributed by atoms with Gasteiger partial charge in [0.1, 0.15) is 5.75 Å². The molecule has 0 bridgehead atoms. The molecular weight excluding hydrogens is 382 g/mol. The summed E-state index contributed by atoms with van der Waals surface area (Å²) in [7, 11) is 4.10. The molecule has 1 N–H and O–H groups in total. The first-order valence-corrected chi connectivity index (χ1v) is 11.7. The van der Waals surface area contributed by atoms with E-state index < -0.39 is 0 Å². The molecule has 162 valence electrons. The van der Waals surface area contributed by atoms with Crippen molar-refractivity contribution in [2.75, 3.05) is 19.0 Å². The average molecular weight is 416 g/mol.